The summed E-state index contributed by atoms with van der Waals surface area (Å²) < 4.78 is 14.9. The van der Waals surface area contributed by atoms with Gasteiger partial charge in [0.1, 0.15) is 11.6 Å². The van der Waals surface area contributed by atoms with Crippen molar-refractivity contribution in [2.75, 3.05) is 5.32 Å². The molecular weight excluding hydrogens is 365 g/mol. The molecule has 0 saturated heterocycles. The van der Waals surface area contributed by atoms with Crippen LogP contribution in [0.3, 0.4) is 0 Å². The molecule has 1 heterocycles. The molecule has 0 bridgehead atoms. The summed E-state index contributed by atoms with van der Waals surface area (Å²) in [5.74, 6) is -0.356. The fraction of sp³-hybridized carbons (Fsp3) is 0.238. The Labute approximate surface area is 163 Å². The highest BCUT2D eigenvalue weighted by Crippen LogP contribution is 2.23. The van der Waals surface area contributed by atoms with Gasteiger partial charge in [-0.25, -0.2) is 9.07 Å². The first-order valence-corrected chi connectivity index (χ1v) is 8.99. The zero-order chi connectivity index (χ0) is 19.6. The molecule has 2 aromatic carbocycles. The van der Waals surface area contributed by atoms with Gasteiger partial charge in [-0.1, -0.05) is 56.6 Å². The molecular formula is C21H21ClFN3O. The first-order valence-electron chi connectivity index (χ1n) is 8.62. The largest absolute Gasteiger partial charge is 0.307 e. The van der Waals surface area contributed by atoms with Gasteiger partial charge in [0.15, 0.2) is 0 Å². The zero-order valence-electron chi connectivity index (χ0n) is 15.5. The quantitative estimate of drug-likeness (QED) is 0.664. The molecule has 0 atom stereocenters. The Morgan fingerprint density at radius 1 is 1.15 bits per heavy atom. The van der Waals surface area contributed by atoms with E-state index >= 15 is 0 Å². The number of hydrogen-bond donors (Lipinski definition) is 1. The monoisotopic (exact) mass is 385 g/mol. The Morgan fingerprint density at radius 2 is 1.85 bits per heavy atom. The van der Waals surface area contributed by atoms with Crippen molar-refractivity contribution in [3.8, 4) is 0 Å². The maximum atomic E-state index is 13.2. The predicted octanol–water partition coefficient (Wildman–Crippen LogP) is 5.27. The van der Waals surface area contributed by atoms with Crippen molar-refractivity contribution in [3.63, 3.8) is 0 Å². The minimum atomic E-state index is -0.486. The van der Waals surface area contributed by atoms with Gasteiger partial charge < -0.3 is 5.32 Å². The van der Waals surface area contributed by atoms with E-state index in [2.05, 4.69) is 55.5 Å². The number of halogens is 2. The summed E-state index contributed by atoms with van der Waals surface area (Å²) in [6.45, 7) is 7.03. The van der Waals surface area contributed by atoms with Crippen LogP contribution >= 0.6 is 11.6 Å². The molecule has 4 nitrogen and oxygen atoms in total. The van der Waals surface area contributed by atoms with Gasteiger partial charge in [-0.2, -0.15) is 5.10 Å². The van der Waals surface area contributed by atoms with Crippen LogP contribution in [0.2, 0.25) is 5.02 Å². The number of amides is 1. The van der Waals surface area contributed by atoms with E-state index in [1.807, 2.05) is 0 Å². The molecule has 1 amide bonds. The van der Waals surface area contributed by atoms with Crippen LogP contribution in [0.5, 0.6) is 0 Å². The van der Waals surface area contributed by atoms with E-state index in [9.17, 15) is 9.18 Å². The van der Waals surface area contributed by atoms with E-state index in [4.69, 9.17) is 11.6 Å². The standard InChI is InChI=1S/C21H21ClFN3O/c1-21(2,3)15-6-4-14(5-7-15)13-26-19(10-11-24-26)25-20(27)17-9-8-16(23)12-18(17)22/h4-12H,13H2,1-3H3,(H,25,27). The molecule has 1 aromatic heterocycles. The number of carbonyl (C=O) groups is 1. The minimum absolute atomic E-state index is 0.0661. The number of benzene rings is 2. The van der Waals surface area contributed by atoms with Crippen molar-refractivity contribution < 1.29 is 9.18 Å². The van der Waals surface area contributed by atoms with Crippen LogP contribution in [0.1, 0.15) is 42.3 Å². The maximum absolute atomic E-state index is 13.2. The van der Waals surface area contributed by atoms with Crippen molar-refractivity contribution in [2.45, 2.75) is 32.7 Å². The molecule has 0 aliphatic rings. The number of rotatable bonds is 4. The number of aromatic nitrogens is 2. The average molecular weight is 386 g/mol. The van der Waals surface area contributed by atoms with Crippen LogP contribution in [0, 0.1) is 5.82 Å². The number of nitrogens with zero attached hydrogens (tertiary/aromatic N) is 2. The molecule has 0 aliphatic carbocycles. The zero-order valence-corrected chi connectivity index (χ0v) is 16.2. The van der Waals surface area contributed by atoms with Gasteiger partial charge in [0.25, 0.3) is 5.91 Å². The van der Waals surface area contributed by atoms with Crippen LogP contribution in [0.4, 0.5) is 10.2 Å². The fourth-order valence-electron chi connectivity index (χ4n) is 2.71. The second kappa shape index (κ2) is 7.53. The lowest BCUT2D eigenvalue weighted by atomic mass is 9.87. The first kappa shape index (κ1) is 19.1. The molecule has 0 radical (unpaired) electrons. The third kappa shape index (κ3) is 4.55. The van der Waals surface area contributed by atoms with Crippen LogP contribution in [-0.2, 0) is 12.0 Å². The molecule has 0 unspecified atom stereocenters. The van der Waals surface area contributed by atoms with E-state index < -0.39 is 11.7 Å². The Bertz CT molecular complexity index is 958. The van der Waals surface area contributed by atoms with Crippen molar-refractivity contribution in [2.24, 2.45) is 0 Å². The van der Waals surface area contributed by atoms with Crippen LogP contribution in [0.15, 0.2) is 54.7 Å². The van der Waals surface area contributed by atoms with E-state index in [1.165, 1.54) is 17.7 Å². The van der Waals surface area contributed by atoms with E-state index in [0.29, 0.717) is 12.4 Å². The third-order valence-corrected chi connectivity index (χ3v) is 4.60. The maximum Gasteiger partial charge on any atom is 0.258 e. The molecule has 0 aliphatic heterocycles. The molecule has 0 saturated carbocycles. The summed E-state index contributed by atoms with van der Waals surface area (Å²) in [5.41, 5.74) is 2.63. The molecule has 0 spiro atoms. The molecule has 3 rings (SSSR count). The number of anilines is 1. The van der Waals surface area contributed by atoms with Gasteiger partial charge in [-0.3, -0.25) is 4.79 Å². The van der Waals surface area contributed by atoms with Crippen molar-refractivity contribution >= 4 is 23.3 Å². The van der Waals surface area contributed by atoms with Gasteiger partial charge in [-0.15, -0.1) is 0 Å². The topological polar surface area (TPSA) is 46.9 Å². The lowest BCUT2D eigenvalue weighted by molar-refractivity contribution is 0.102. The van der Waals surface area contributed by atoms with Crippen LogP contribution in [0.25, 0.3) is 0 Å². The number of hydrogen-bond acceptors (Lipinski definition) is 2. The fourth-order valence-corrected chi connectivity index (χ4v) is 2.96. The molecule has 0 fully saturated rings. The van der Waals surface area contributed by atoms with E-state index in [0.717, 1.165) is 11.6 Å². The highest BCUT2D eigenvalue weighted by atomic mass is 35.5. The predicted molar refractivity (Wildman–Crippen MR) is 106 cm³/mol. The summed E-state index contributed by atoms with van der Waals surface area (Å²) in [5, 5.41) is 7.12. The summed E-state index contributed by atoms with van der Waals surface area (Å²) in [7, 11) is 0. The number of carbonyl (C=O) groups excluding carboxylic acids is 1. The van der Waals surface area contributed by atoms with E-state index in [-0.39, 0.29) is 16.0 Å². The Kier molecular flexibility index (Phi) is 5.33. The van der Waals surface area contributed by atoms with Gasteiger partial charge in [0.05, 0.1) is 23.3 Å². The molecule has 3 aromatic rings. The van der Waals surface area contributed by atoms with Crippen molar-refractivity contribution in [1.82, 2.24) is 9.78 Å². The van der Waals surface area contributed by atoms with Crippen molar-refractivity contribution in [1.29, 1.82) is 0 Å². The van der Waals surface area contributed by atoms with Gasteiger partial charge in [-0.05, 0) is 34.7 Å². The van der Waals surface area contributed by atoms with Gasteiger partial charge >= 0.3 is 0 Å². The molecule has 140 valence electrons. The Morgan fingerprint density at radius 3 is 2.48 bits per heavy atom. The summed E-state index contributed by atoms with van der Waals surface area (Å²) in [6, 6.07) is 13.7. The second-order valence-corrected chi connectivity index (χ2v) is 7.81. The smallest absolute Gasteiger partial charge is 0.258 e. The highest BCUT2D eigenvalue weighted by Gasteiger charge is 2.15. The highest BCUT2D eigenvalue weighted by molar-refractivity contribution is 6.34. The number of nitrogens with one attached hydrogen (secondary N) is 1. The SMILES string of the molecule is CC(C)(C)c1ccc(Cn2nccc2NC(=O)c2ccc(F)cc2Cl)cc1. The lowest BCUT2D eigenvalue weighted by Crippen LogP contribution is -2.17. The van der Waals surface area contributed by atoms with Gasteiger partial charge in [0, 0.05) is 6.07 Å². The summed E-state index contributed by atoms with van der Waals surface area (Å²) >= 11 is 5.96. The minimum Gasteiger partial charge on any atom is -0.307 e. The molecule has 27 heavy (non-hydrogen) atoms. The average Bonchev–Trinajstić information content (AvgIpc) is 3.01. The third-order valence-electron chi connectivity index (χ3n) is 4.29. The summed E-state index contributed by atoms with van der Waals surface area (Å²) in [6.07, 6.45) is 1.62. The normalized spacial score (nSPS) is 11.4. The van der Waals surface area contributed by atoms with E-state index in [1.54, 1.807) is 16.9 Å². The Balaban J connectivity index is 1.75. The van der Waals surface area contributed by atoms with Crippen LogP contribution in [-0.4, -0.2) is 15.7 Å². The van der Waals surface area contributed by atoms with Crippen molar-refractivity contribution in [3.05, 3.63) is 82.3 Å². The lowest BCUT2D eigenvalue weighted by Gasteiger charge is -2.19. The molecule has 1 N–H and O–H groups in total. The first-order chi connectivity index (χ1) is 12.7. The van der Waals surface area contributed by atoms with Crippen LogP contribution < -0.4 is 5.32 Å². The Hall–Kier alpha value is -2.66. The van der Waals surface area contributed by atoms with Gasteiger partial charge in [0.2, 0.25) is 0 Å². The molecule has 6 heteroatoms. The summed E-state index contributed by atoms with van der Waals surface area (Å²) in [4.78, 5) is 12.4. The second-order valence-electron chi connectivity index (χ2n) is 7.40.